The Bertz CT molecular complexity index is 424. The molecule has 0 saturated carbocycles. The van der Waals surface area contributed by atoms with Crippen LogP contribution in [0.1, 0.15) is 122 Å². The molecule has 0 radical (unpaired) electrons. The molecule has 0 aliphatic heterocycles. The summed E-state index contributed by atoms with van der Waals surface area (Å²) in [6.45, 7) is 4.16. The normalized spacial score (nSPS) is 11.0. The summed E-state index contributed by atoms with van der Waals surface area (Å²) in [5.74, 6) is 6.11. The van der Waals surface area contributed by atoms with Crippen LogP contribution in [-0.4, -0.2) is 11.6 Å². The smallest absolute Gasteiger partial charge is 0.0379 e. The van der Waals surface area contributed by atoms with Gasteiger partial charge in [-0.15, -0.1) is 12.4 Å². The van der Waals surface area contributed by atoms with Crippen molar-refractivity contribution < 1.29 is 0 Å². The summed E-state index contributed by atoms with van der Waals surface area (Å²) in [6.07, 6.45) is 24.1. The largest absolute Gasteiger partial charge is 0.268 e. The molecule has 0 aliphatic carbocycles. The van der Waals surface area contributed by atoms with Gasteiger partial charge in [-0.25, -0.2) is 5.01 Å². The molecule has 3 heteroatoms. The summed E-state index contributed by atoms with van der Waals surface area (Å²) >= 11 is 0. The van der Waals surface area contributed by atoms with E-state index in [1.807, 2.05) is 5.01 Å². The molecule has 0 atom stereocenters. The fraction of sp³-hybridized carbons (Fsp3) is 0.769. The van der Waals surface area contributed by atoms with Gasteiger partial charge in [-0.2, -0.15) is 0 Å². The van der Waals surface area contributed by atoms with Crippen LogP contribution in [0.5, 0.6) is 0 Å². The number of hydrogen-bond donors (Lipinski definition) is 1. The molecule has 170 valence electrons. The fourth-order valence-corrected chi connectivity index (χ4v) is 3.94. The molecule has 0 aromatic heterocycles. The molecule has 1 aromatic rings. The Morgan fingerprint density at radius 2 is 0.966 bits per heavy atom. The van der Waals surface area contributed by atoms with Crippen LogP contribution in [-0.2, 0) is 6.54 Å². The monoisotopic (exact) mass is 424 g/mol. The van der Waals surface area contributed by atoms with E-state index >= 15 is 0 Å². The van der Waals surface area contributed by atoms with Crippen LogP contribution in [0.4, 0.5) is 0 Å². The Balaban J connectivity index is 0.00000784. The number of nitrogens with zero attached hydrogens (tertiary/aromatic N) is 1. The topological polar surface area (TPSA) is 29.3 Å². The first kappa shape index (κ1) is 28.4. The number of hydrazine groups is 1. The van der Waals surface area contributed by atoms with E-state index in [-0.39, 0.29) is 12.4 Å². The number of rotatable bonds is 20. The Labute approximate surface area is 188 Å². The minimum atomic E-state index is 0. The highest BCUT2D eigenvalue weighted by Gasteiger charge is 2.00. The van der Waals surface area contributed by atoms with Gasteiger partial charge in [-0.3, -0.25) is 5.84 Å². The average Bonchev–Trinajstić information content (AvgIpc) is 2.71. The molecule has 0 bridgehead atoms. The first-order valence-electron chi connectivity index (χ1n) is 12.4. The maximum Gasteiger partial charge on any atom is 0.0379 e. The molecule has 0 aliphatic rings. The van der Waals surface area contributed by atoms with Gasteiger partial charge in [0, 0.05) is 13.1 Å². The third-order valence-electron chi connectivity index (χ3n) is 5.78. The van der Waals surface area contributed by atoms with Gasteiger partial charge in [0.1, 0.15) is 0 Å². The van der Waals surface area contributed by atoms with Gasteiger partial charge in [0.2, 0.25) is 0 Å². The number of halogens is 1. The Morgan fingerprint density at radius 3 is 1.38 bits per heavy atom. The molecule has 0 unspecified atom stereocenters. The number of benzene rings is 1. The summed E-state index contributed by atoms with van der Waals surface area (Å²) in [7, 11) is 0. The molecule has 0 amide bonds. The molecule has 1 rings (SSSR count). The summed E-state index contributed by atoms with van der Waals surface area (Å²) in [4.78, 5) is 0. The number of unbranched alkanes of at least 4 members (excludes halogenated alkanes) is 16. The first-order valence-corrected chi connectivity index (χ1v) is 12.4. The van der Waals surface area contributed by atoms with Crippen molar-refractivity contribution in [1.82, 2.24) is 5.01 Å². The Hall–Kier alpha value is -0.570. The van der Waals surface area contributed by atoms with Crippen molar-refractivity contribution in [3.63, 3.8) is 0 Å². The van der Waals surface area contributed by atoms with Gasteiger partial charge >= 0.3 is 0 Å². The Morgan fingerprint density at radius 1 is 0.586 bits per heavy atom. The van der Waals surface area contributed by atoms with Crippen LogP contribution in [0.3, 0.4) is 0 Å². The van der Waals surface area contributed by atoms with Crippen LogP contribution in [0.15, 0.2) is 30.3 Å². The van der Waals surface area contributed by atoms with Crippen LogP contribution < -0.4 is 5.84 Å². The van der Waals surface area contributed by atoms with Crippen molar-refractivity contribution in [1.29, 1.82) is 0 Å². The van der Waals surface area contributed by atoms with E-state index in [2.05, 4.69) is 37.3 Å². The van der Waals surface area contributed by atoms with Crippen LogP contribution in [0, 0.1) is 0 Å². The highest BCUT2D eigenvalue weighted by Crippen LogP contribution is 2.14. The SMILES string of the molecule is CCCCCCCCCCCCCCCCCCCN(N)Cc1ccccc1.Cl. The van der Waals surface area contributed by atoms with Gasteiger partial charge in [0.05, 0.1) is 0 Å². The lowest BCUT2D eigenvalue weighted by atomic mass is 10.0. The van der Waals surface area contributed by atoms with E-state index in [1.165, 1.54) is 115 Å². The van der Waals surface area contributed by atoms with E-state index in [0.717, 1.165) is 13.1 Å². The summed E-state index contributed by atoms with van der Waals surface area (Å²) in [5, 5.41) is 1.96. The minimum absolute atomic E-state index is 0. The van der Waals surface area contributed by atoms with Crippen molar-refractivity contribution in [3.05, 3.63) is 35.9 Å². The van der Waals surface area contributed by atoms with Gasteiger partial charge in [-0.1, -0.05) is 140 Å². The van der Waals surface area contributed by atoms with E-state index < -0.39 is 0 Å². The highest BCUT2D eigenvalue weighted by atomic mass is 35.5. The van der Waals surface area contributed by atoms with Crippen molar-refractivity contribution in [2.75, 3.05) is 6.54 Å². The van der Waals surface area contributed by atoms with Crippen molar-refractivity contribution in [3.8, 4) is 0 Å². The average molecular weight is 425 g/mol. The molecular formula is C26H49ClN2. The second-order valence-electron chi connectivity index (χ2n) is 8.61. The standard InChI is InChI=1S/C26H48N2.ClH/c1-2-3-4-5-6-7-8-9-10-11-12-13-14-15-16-17-21-24-28(27)25-26-22-19-18-20-23-26;/h18-20,22-23H,2-17,21,24-25,27H2,1H3;1H. The lowest BCUT2D eigenvalue weighted by Crippen LogP contribution is -2.31. The van der Waals surface area contributed by atoms with Gasteiger partial charge < -0.3 is 0 Å². The van der Waals surface area contributed by atoms with Gasteiger partial charge in [-0.05, 0) is 12.0 Å². The molecular weight excluding hydrogens is 376 g/mol. The predicted octanol–water partition coefficient (Wildman–Crippen LogP) is 8.44. The molecule has 1 aromatic carbocycles. The molecule has 2 N–H and O–H groups in total. The molecule has 2 nitrogen and oxygen atoms in total. The third-order valence-corrected chi connectivity index (χ3v) is 5.78. The second-order valence-corrected chi connectivity index (χ2v) is 8.61. The number of hydrogen-bond acceptors (Lipinski definition) is 2. The highest BCUT2D eigenvalue weighted by molar-refractivity contribution is 5.85. The first-order chi connectivity index (χ1) is 13.8. The van der Waals surface area contributed by atoms with E-state index in [4.69, 9.17) is 5.84 Å². The second kappa shape index (κ2) is 22.1. The maximum absolute atomic E-state index is 6.11. The fourth-order valence-electron chi connectivity index (χ4n) is 3.94. The quantitative estimate of drug-likeness (QED) is 0.129. The molecule has 0 saturated heterocycles. The Kier molecular flexibility index (Phi) is 21.7. The maximum atomic E-state index is 6.11. The summed E-state index contributed by atoms with van der Waals surface area (Å²) in [6, 6.07) is 10.5. The van der Waals surface area contributed by atoms with Crippen LogP contribution >= 0.6 is 12.4 Å². The number of nitrogens with two attached hydrogens (primary N) is 1. The van der Waals surface area contributed by atoms with Crippen molar-refractivity contribution in [2.24, 2.45) is 5.84 Å². The van der Waals surface area contributed by atoms with Crippen LogP contribution in [0.25, 0.3) is 0 Å². The molecule has 0 heterocycles. The van der Waals surface area contributed by atoms with Crippen LogP contribution in [0.2, 0.25) is 0 Å². The zero-order chi connectivity index (χ0) is 20.1. The van der Waals surface area contributed by atoms with Gasteiger partial charge in [0.15, 0.2) is 0 Å². The van der Waals surface area contributed by atoms with Crippen molar-refractivity contribution >= 4 is 12.4 Å². The molecule has 0 fully saturated rings. The lowest BCUT2D eigenvalue weighted by Gasteiger charge is -2.16. The summed E-state index contributed by atoms with van der Waals surface area (Å²) < 4.78 is 0. The van der Waals surface area contributed by atoms with Gasteiger partial charge in [0.25, 0.3) is 0 Å². The zero-order valence-corrected chi connectivity index (χ0v) is 20.1. The van der Waals surface area contributed by atoms with E-state index in [1.54, 1.807) is 0 Å². The predicted molar refractivity (Wildman–Crippen MR) is 132 cm³/mol. The third kappa shape index (κ3) is 19.2. The lowest BCUT2D eigenvalue weighted by molar-refractivity contribution is 0.267. The van der Waals surface area contributed by atoms with E-state index in [0.29, 0.717) is 0 Å². The summed E-state index contributed by atoms with van der Waals surface area (Å²) in [5.41, 5.74) is 1.30. The molecule has 29 heavy (non-hydrogen) atoms. The molecule has 0 spiro atoms. The zero-order valence-electron chi connectivity index (χ0n) is 19.3. The van der Waals surface area contributed by atoms with Crippen molar-refractivity contribution in [2.45, 2.75) is 123 Å². The minimum Gasteiger partial charge on any atom is -0.268 e. The van der Waals surface area contributed by atoms with E-state index in [9.17, 15) is 0 Å².